The second-order valence-corrected chi connectivity index (χ2v) is 6.08. The van der Waals surface area contributed by atoms with Crippen LogP contribution in [0.1, 0.15) is 42.5 Å². The largest absolute Gasteiger partial charge is 0.497 e. The van der Waals surface area contributed by atoms with E-state index in [-0.39, 0.29) is 30.8 Å². The third-order valence-corrected chi connectivity index (χ3v) is 4.37. The summed E-state index contributed by atoms with van der Waals surface area (Å²) in [5.41, 5.74) is 0.424. The number of benzene rings is 1. The number of rotatable bonds is 7. The molecule has 0 radical (unpaired) electrons. The summed E-state index contributed by atoms with van der Waals surface area (Å²) in [5, 5.41) is 11.5. The lowest BCUT2D eigenvalue weighted by molar-refractivity contribution is -0.139. The second kappa shape index (κ2) is 9.05. The molecule has 1 aliphatic rings. The number of piperidine rings is 1. The Kier molecular flexibility index (Phi) is 6.80. The molecule has 1 atom stereocenters. The minimum absolute atomic E-state index is 0.0462. The Hall–Kier alpha value is -2.57. The molecule has 7 nitrogen and oxygen atoms in total. The van der Waals surface area contributed by atoms with Crippen molar-refractivity contribution in [3.63, 3.8) is 0 Å². The van der Waals surface area contributed by atoms with Crippen molar-refractivity contribution in [3.05, 3.63) is 29.8 Å². The van der Waals surface area contributed by atoms with Crippen LogP contribution in [0.4, 0.5) is 0 Å². The van der Waals surface area contributed by atoms with Gasteiger partial charge in [0.25, 0.3) is 5.91 Å². The molecule has 2 amide bonds. The molecule has 136 valence electrons. The number of amides is 2. The van der Waals surface area contributed by atoms with Crippen LogP contribution in [0.5, 0.6) is 5.75 Å². The van der Waals surface area contributed by atoms with Crippen molar-refractivity contribution in [1.29, 1.82) is 0 Å². The molecule has 1 unspecified atom stereocenters. The van der Waals surface area contributed by atoms with Gasteiger partial charge in [-0.3, -0.25) is 14.4 Å². The van der Waals surface area contributed by atoms with Crippen LogP contribution >= 0.6 is 0 Å². The predicted molar refractivity (Wildman–Crippen MR) is 91.5 cm³/mol. The van der Waals surface area contributed by atoms with Crippen LogP contribution in [-0.2, 0) is 9.59 Å². The number of carbonyl (C=O) groups is 3. The SMILES string of the molecule is COc1cccc(C(=O)NCC(=O)N2CCCCC2CCC(=O)O)c1. The van der Waals surface area contributed by atoms with Crippen LogP contribution in [0.2, 0.25) is 0 Å². The van der Waals surface area contributed by atoms with Crippen molar-refractivity contribution in [2.75, 3.05) is 20.2 Å². The molecule has 0 aromatic heterocycles. The molecule has 2 N–H and O–H groups in total. The molecule has 25 heavy (non-hydrogen) atoms. The topological polar surface area (TPSA) is 95.9 Å². The van der Waals surface area contributed by atoms with Crippen LogP contribution in [-0.4, -0.2) is 54.0 Å². The average Bonchev–Trinajstić information content (AvgIpc) is 2.64. The van der Waals surface area contributed by atoms with Crippen LogP contribution < -0.4 is 10.1 Å². The van der Waals surface area contributed by atoms with Crippen molar-refractivity contribution in [1.82, 2.24) is 10.2 Å². The quantitative estimate of drug-likeness (QED) is 0.781. The number of aliphatic carboxylic acids is 1. The molecule has 1 heterocycles. The van der Waals surface area contributed by atoms with Crippen molar-refractivity contribution < 1.29 is 24.2 Å². The van der Waals surface area contributed by atoms with Gasteiger partial charge in [0.2, 0.25) is 5.91 Å². The van der Waals surface area contributed by atoms with E-state index in [9.17, 15) is 14.4 Å². The number of nitrogens with one attached hydrogen (secondary N) is 1. The number of carboxylic acid groups (broad SMARTS) is 1. The third kappa shape index (κ3) is 5.48. The fraction of sp³-hybridized carbons (Fsp3) is 0.500. The number of ether oxygens (including phenoxy) is 1. The van der Waals surface area contributed by atoms with Crippen molar-refractivity contribution in [2.24, 2.45) is 0 Å². The minimum atomic E-state index is -0.857. The van der Waals surface area contributed by atoms with Gasteiger partial charge in [-0.2, -0.15) is 0 Å². The van der Waals surface area contributed by atoms with E-state index in [0.717, 1.165) is 19.3 Å². The standard InChI is InChI=1S/C18H24N2O5/c1-25-15-7-4-5-13(11-15)18(24)19-12-16(21)20-10-3-2-6-14(20)8-9-17(22)23/h4-5,7,11,14H,2-3,6,8-10,12H2,1H3,(H,19,24)(H,22,23). The number of hydrogen-bond donors (Lipinski definition) is 2. The van der Waals surface area contributed by atoms with Crippen molar-refractivity contribution in [2.45, 2.75) is 38.1 Å². The maximum absolute atomic E-state index is 12.5. The van der Waals surface area contributed by atoms with E-state index in [2.05, 4.69) is 5.32 Å². The smallest absolute Gasteiger partial charge is 0.303 e. The summed E-state index contributed by atoms with van der Waals surface area (Å²) in [6, 6.07) is 6.64. The van der Waals surface area contributed by atoms with E-state index in [1.54, 1.807) is 29.2 Å². The molecule has 1 aliphatic heterocycles. The lowest BCUT2D eigenvalue weighted by Crippen LogP contribution is -2.48. The van der Waals surface area contributed by atoms with Gasteiger partial charge in [-0.05, 0) is 43.9 Å². The lowest BCUT2D eigenvalue weighted by atomic mass is 9.98. The first-order valence-electron chi connectivity index (χ1n) is 8.44. The zero-order chi connectivity index (χ0) is 18.2. The van der Waals surface area contributed by atoms with E-state index in [1.807, 2.05) is 0 Å². The summed E-state index contributed by atoms with van der Waals surface area (Å²) in [4.78, 5) is 37.1. The molecule has 0 bridgehead atoms. The summed E-state index contributed by atoms with van der Waals surface area (Å²) in [6.07, 6.45) is 3.20. The summed E-state index contributed by atoms with van der Waals surface area (Å²) in [7, 11) is 1.52. The van der Waals surface area contributed by atoms with Gasteiger partial charge in [0, 0.05) is 24.6 Å². The Bertz CT molecular complexity index is 632. The van der Waals surface area contributed by atoms with Crippen LogP contribution in [0, 0.1) is 0 Å². The molecule has 1 saturated heterocycles. The monoisotopic (exact) mass is 348 g/mol. The predicted octanol–water partition coefficient (Wildman–Crippen LogP) is 1.67. The van der Waals surface area contributed by atoms with Gasteiger partial charge < -0.3 is 20.1 Å². The van der Waals surface area contributed by atoms with Gasteiger partial charge in [0.15, 0.2) is 0 Å². The van der Waals surface area contributed by atoms with E-state index < -0.39 is 5.97 Å². The Labute approximate surface area is 147 Å². The van der Waals surface area contributed by atoms with Gasteiger partial charge in [-0.25, -0.2) is 0 Å². The lowest BCUT2D eigenvalue weighted by Gasteiger charge is -2.35. The second-order valence-electron chi connectivity index (χ2n) is 6.08. The molecular weight excluding hydrogens is 324 g/mol. The van der Waals surface area contributed by atoms with Crippen LogP contribution in [0.3, 0.4) is 0 Å². The summed E-state index contributed by atoms with van der Waals surface area (Å²) in [5.74, 6) is -0.800. The normalized spacial score (nSPS) is 17.0. The Balaban J connectivity index is 1.90. The molecule has 0 saturated carbocycles. The minimum Gasteiger partial charge on any atom is -0.497 e. The van der Waals surface area contributed by atoms with Gasteiger partial charge in [0.1, 0.15) is 5.75 Å². The number of carbonyl (C=O) groups excluding carboxylic acids is 2. The number of carboxylic acids is 1. The van der Waals surface area contributed by atoms with Gasteiger partial charge in [0.05, 0.1) is 13.7 Å². The maximum Gasteiger partial charge on any atom is 0.303 e. The summed E-state index contributed by atoms with van der Waals surface area (Å²) < 4.78 is 5.08. The van der Waals surface area contributed by atoms with Gasteiger partial charge in [-0.1, -0.05) is 6.07 Å². The molecule has 1 fully saturated rings. The number of nitrogens with zero attached hydrogens (tertiary/aromatic N) is 1. The number of likely N-dealkylation sites (tertiary alicyclic amines) is 1. The maximum atomic E-state index is 12.5. The summed E-state index contributed by atoms with van der Waals surface area (Å²) in [6.45, 7) is 0.512. The van der Waals surface area contributed by atoms with Crippen molar-refractivity contribution in [3.8, 4) is 5.75 Å². The van der Waals surface area contributed by atoms with Gasteiger partial charge >= 0.3 is 5.97 Å². The molecule has 2 rings (SSSR count). The van der Waals surface area contributed by atoms with Crippen LogP contribution in [0.25, 0.3) is 0 Å². The Morgan fingerprint density at radius 2 is 2.12 bits per heavy atom. The van der Waals surface area contributed by atoms with E-state index >= 15 is 0 Å². The molecule has 0 spiro atoms. The highest BCUT2D eigenvalue weighted by molar-refractivity contribution is 5.96. The number of hydrogen-bond acceptors (Lipinski definition) is 4. The van der Waals surface area contributed by atoms with Crippen molar-refractivity contribution >= 4 is 17.8 Å². The Morgan fingerprint density at radius 1 is 1.32 bits per heavy atom. The molecule has 0 aliphatic carbocycles. The van der Waals surface area contributed by atoms with E-state index in [0.29, 0.717) is 24.3 Å². The zero-order valence-electron chi connectivity index (χ0n) is 14.4. The Morgan fingerprint density at radius 3 is 2.84 bits per heavy atom. The first-order chi connectivity index (χ1) is 12.0. The van der Waals surface area contributed by atoms with E-state index in [4.69, 9.17) is 9.84 Å². The molecule has 1 aromatic carbocycles. The molecular formula is C18H24N2O5. The zero-order valence-corrected chi connectivity index (χ0v) is 14.4. The first kappa shape index (κ1) is 18.8. The highest BCUT2D eigenvalue weighted by Crippen LogP contribution is 2.21. The molecule has 7 heteroatoms. The fourth-order valence-electron chi connectivity index (χ4n) is 3.04. The number of methoxy groups -OCH3 is 1. The molecule has 1 aromatic rings. The fourth-order valence-corrected chi connectivity index (χ4v) is 3.04. The summed E-state index contributed by atoms with van der Waals surface area (Å²) >= 11 is 0. The average molecular weight is 348 g/mol. The highest BCUT2D eigenvalue weighted by atomic mass is 16.5. The van der Waals surface area contributed by atoms with E-state index in [1.165, 1.54) is 7.11 Å². The highest BCUT2D eigenvalue weighted by Gasteiger charge is 2.27. The van der Waals surface area contributed by atoms with Gasteiger partial charge in [-0.15, -0.1) is 0 Å². The first-order valence-corrected chi connectivity index (χ1v) is 8.44. The van der Waals surface area contributed by atoms with Crippen LogP contribution in [0.15, 0.2) is 24.3 Å². The third-order valence-electron chi connectivity index (χ3n) is 4.37.